The molecule has 1 heterocycles. The number of nitro groups is 1. The third kappa shape index (κ3) is 2.32. The normalized spacial score (nSPS) is 15.2. The number of allylic oxidation sites excluding steroid dienone is 1. The van der Waals surface area contributed by atoms with Crippen LogP contribution in [0.1, 0.15) is 5.56 Å². The molecular weight excluding hydrogens is 298 g/mol. The maximum absolute atomic E-state index is 10.7. The lowest BCUT2D eigenvalue weighted by Crippen LogP contribution is -2.11. The Morgan fingerprint density at radius 2 is 1.91 bits per heavy atom. The van der Waals surface area contributed by atoms with Gasteiger partial charge in [-0.15, -0.1) is 0 Å². The molecule has 1 aliphatic heterocycles. The largest absolute Gasteiger partial charge is 0.337 e. The maximum Gasteiger partial charge on any atom is 0.269 e. The topological polar surface area (TPSA) is 70.2 Å². The molecule has 22 heavy (non-hydrogen) atoms. The molecule has 0 radical (unpaired) electrons. The standard InChI is InChI=1S/C16H11N3O2S/c1-18-14-4-2-3-5-15(14)22-16(18)13(10-17)11-6-8-12(9-7-11)19(20)21/h2-9H,1H3. The summed E-state index contributed by atoms with van der Waals surface area (Å²) in [5, 5.41) is 21.1. The first-order valence-electron chi connectivity index (χ1n) is 6.51. The molecule has 2 aromatic rings. The van der Waals surface area contributed by atoms with Gasteiger partial charge in [0.2, 0.25) is 0 Å². The van der Waals surface area contributed by atoms with Gasteiger partial charge in [-0.1, -0.05) is 23.9 Å². The first-order valence-corrected chi connectivity index (χ1v) is 7.33. The molecule has 0 atom stereocenters. The van der Waals surface area contributed by atoms with Gasteiger partial charge in [0.15, 0.2) is 0 Å². The second-order valence-electron chi connectivity index (χ2n) is 4.72. The highest BCUT2D eigenvalue weighted by Gasteiger charge is 2.25. The number of benzene rings is 2. The van der Waals surface area contributed by atoms with E-state index in [9.17, 15) is 15.4 Å². The van der Waals surface area contributed by atoms with E-state index in [4.69, 9.17) is 0 Å². The molecule has 0 spiro atoms. The molecule has 0 aliphatic carbocycles. The van der Waals surface area contributed by atoms with E-state index in [-0.39, 0.29) is 5.69 Å². The molecule has 0 unspecified atom stereocenters. The van der Waals surface area contributed by atoms with Crippen LogP contribution in [0.4, 0.5) is 11.4 Å². The van der Waals surface area contributed by atoms with E-state index in [1.807, 2.05) is 36.2 Å². The second kappa shape index (κ2) is 5.54. The number of nitrogens with zero attached hydrogens (tertiary/aromatic N) is 3. The van der Waals surface area contributed by atoms with Crippen LogP contribution in [-0.2, 0) is 0 Å². The zero-order valence-electron chi connectivity index (χ0n) is 11.7. The van der Waals surface area contributed by atoms with Crippen molar-refractivity contribution in [2.24, 2.45) is 0 Å². The Bertz CT molecular complexity index is 822. The average Bonchev–Trinajstić information content (AvgIpc) is 2.86. The SMILES string of the molecule is CN1C(=C(C#N)c2ccc([N+](=O)[O-])cc2)Sc2ccccc21. The molecule has 0 aromatic heterocycles. The van der Waals surface area contributed by atoms with E-state index in [1.165, 1.54) is 23.9 Å². The highest BCUT2D eigenvalue weighted by molar-refractivity contribution is 8.04. The van der Waals surface area contributed by atoms with Crippen molar-refractivity contribution in [2.45, 2.75) is 4.90 Å². The van der Waals surface area contributed by atoms with Gasteiger partial charge in [0.25, 0.3) is 5.69 Å². The first kappa shape index (κ1) is 14.2. The molecule has 5 nitrogen and oxygen atoms in total. The minimum Gasteiger partial charge on any atom is -0.337 e. The number of hydrogen-bond acceptors (Lipinski definition) is 5. The third-order valence-corrected chi connectivity index (χ3v) is 4.67. The van der Waals surface area contributed by atoms with Crippen molar-refractivity contribution < 1.29 is 4.92 Å². The third-order valence-electron chi connectivity index (χ3n) is 3.43. The van der Waals surface area contributed by atoms with Crippen molar-refractivity contribution in [3.63, 3.8) is 0 Å². The number of fused-ring (bicyclic) bond motifs is 1. The number of thioether (sulfide) groups is 1. The number of rotatable bonds is 2. The molecule has 6 heteroatoms. The zero-order valence-corrected chi connectivity index (χ0v) is 12.5. The van der Waals surface area contributed by atoms with Gasteiger partial charge in [0, 0.05) is 24.1 Å². The quantitative estimate of drug-likeness (QED) is 0.476. The van der Waals surface area contributed by atoms with Gasteiger partial charge in [-0.25, -0.2) is 0 Å². The van der Waals surface area contributed by atoms with Crippen LogP contribution in [0.15, 0.2) is 58.5 Å². The fraction of sp³-hybridized carbons (Fsp3) is 0.0625. The van der Waals surface area contributed by atoms with Gasteiger partial charge in [-0.05, 0) is 29.8 Å². The van der Waals surface area contributed by atoms with Gasteiger partial charge in [-0.3, -0.25) is 10.1 Å². The lowest BCUT2D eigenvalue weighted by molar-refractivity contribution is -0.384. The number of hydrogen-bond donors (Lipinski definition) is 0. The predicted octanol–water partition coefficient (Wildman–Crippen LogP) is 4.03. The molecule has 108 valence electrons. The van der Waals surface area contributed by atoms with Crippen LogP contribution in [0.5, 0.6) is 0 Å². The fourth-order valence-corrected chi connectivity index (χ4v) is 3.47. The van der Waals surface area contributed by atoms with Gasteiger partial charge >= 0.3 is 0 Å². The number of para-hydroxylation sites is 1. The van der Waals surface area contributed by atoms with Crippen LogP contribution in [-0.4, -0.2) is 12.0 Å². The summed E-state index contributed by atoms with van der Waals surface area (Å²) in [6.07, 6.45) is 0. The van der Waals surface area contributed by atoms with Gasteiger partial charge in [0.05, 0.1) is 21.2 Å². The minimum absolute atomic E-state index is 0.0155. The molecule has 3 rings (SSSR count). The van der Waals surface area contributed by atoms with Crippen molar-refractivity contribution in [1.82, 2.24) is 0 Å². The van der Waals surface area contributed by atoms with Crippen LogP contribution in [0.25, 0.3) is 5.57 Å². The number of non-ortho nitro benzene ring substituents is 1. The smallest absolute Gasteiger partial charge is 0.269 e. The molecule has 0 saturated carbocycles. The highest BCUT2D eigenvalue weighted by Crippen LogP contribution is 2.47. The summed E-state index contributed by atoms with van der Waals surface area (Å²) < 4.78 is 0. The molecule has 0 saturated heterocycles. The van der Waals surface area contributed by atoms with E-state index in [0.29, 0.717) is 11.1 Å². The van der Waals surface area contributed by atoms with Crippen molar-refractivity contribution in [2.75, 3.05) is 11.9 Å². The van der Waals surface area contributed by atoms with E-state index < -0.39 is 4.92 Å². The van der Waals surface area contributed by atoms with Crippen LogP contribution >= 0.6 is 11.8 Å². The number of anilines is 1. The number of nitriles is 1. The minimum atomic E-state index is -0.449. The Labute approximate surface area is 131 Å². The van der Waals surface area contributed by atoms with Crippen LogP contribution < -0.4 is 4.90 Å². The molecule has 0 N–H and O–H groups in total. The summed E-state index contributed by atoms with van der Waals surface area (Å²) in [6.45, 7) is 0. The average molecular weight is 309 g/mol. The monoisotopic (exact) mass is 309 g/mol. The van der Waals surface area contributed by atoms with Gasteiger partial charge in [0.1, 0.15) is 6.07 Å². The van der Waals surface area contributed by atoms with Gasteiger partial charge in [-0.2, -0.15) is 5.26 Å². The zero-order chi connectivity index (χ0) is 15.7. The highest BCUT2D eigenvalue weighted by atomic mass is 32.2. The van der Waals surface area contributed by atoms with E-state index in [1.54, 1.807) is 12.1 Å². The summed E-state index contributed by atoms with van der Waals surface area (Å²) in [5.74, 6) is 0. The van der Waals surface area contributed by atoms with Crippen LogP contribution in [0, 0.1) is 21.4 Å². The summed E-state index contributed by atoms with van der Waals surface area (Å²) in [5.41, 5.74) is 2.26. The second-order valence-corrected chi connectivity index (χ2v) is 5.76. The Kier molecular flexibility index (Phi) is 3.57. The molecule has 1 aliphatic rings. The van der Waals surface area contributed by atoms with Crippen molar-refractivity contribution >= 4 is 28.7 Å². The molecule has 2 aromatic carbocycles. The van der Waals surface area contributed by atoms with Crippen LogP contribution in [0.3, 0.4) is 0 Å². The molecular formula is C16H11N3O2S. The molecule has 0 amide bonds. The molecule has 0 fully saturated rings. The van der Waals surface area contributed by atoms with E-state index in [2.05, 4.69) is 6.07 Å². The van der Waals surface area contributed by atoms with Gasteiger partial charge < -0.3 is 4.90 Å². The van der Waals surface area contributed by atoms with Crippen molar-refractivity contribution in [3.05, 3.63) is 69.2 Å². The predicted molar refractivity (Wildman–Crippen MR) is 86.3 cm³/mol. The van der Waals surface area contributed by atoms with Crippen LogP contribution in [0.2, 0.25) is 0 Å². The van der Waals surface area contributed by atoms with Crippen molar-refractivity contribution in [1.29, 1.82) is 5.26 Å². The van der Waals surface area contributed by atoms with E-state index in [0.717, 1.165) is 15.6 Å². The van der Waals surface area contributed by atoms with Crippen molar-refractivity contribution in [3.8, 4) is 6.07 Å². The fourth-order valence-electron chi connectivity index (χ4n) is 2.31. The Balaban J connectivity index is 2.05. The summed E-state index contributed by atoms with van der Waals surface area (Å²) in [6, 6.07) is 16.2. The Morgan fingerprint density at radius 3 is 2.50 bits per heavy atom. The summed E-state index contributed by atoms with van der Waals surface area (Å²) in [7, 11) is 1.91. The lowest BCUT2D eigenvalue weighted by atomic mass is 10.1. The molecule has 0 bridgehead atoms. The maximum atomic E-state index is 10.7. The summed E-state index contributed by atoms with van der Waals surface area (Å²) >= 11 is 1.53. The number of nitro benzene ring substituents is 1. The summed E-state index contributed by atoms with van der Waals surface area (Å²) in [4.78, 5) is 13.3. The first-order chi connectivity index (χ1) is 10.6. The Hall–Kier alpha value is -2.78. The lowest BCUT2D eigenvalue weighted by Gasteiger charge is -2.15. The van der Waals surface area contributed by atoms with E-state index >= 15 is 0 Å². The Morgan fingerprint density at radius 1 is 1.23 bits per heavy atom.